The van der Waals surface area contributed by atoms with Gasteiger partial charge in [-0.25, -0.2) is 0 Å². The van der Waals surface area contributed by atoms with Crippen molar-refractivity contribution >= 4 is 0 Å². The van der Waals surface area contributed by atoms with Crippen molar-refractivity contribution in [3.05, 3.63) is 35.9 Å². The molecule has 0 saturated carbocycles. The lowest BCUT2D eigenvalue weighted by molar-refractivity contribution is -0.636. The van der Waals surface area contributed by atoms with Crippen LogP contribution in [0, 0.1) is 0 Å². The zero-order valence-corrected chi connectivity index (χ0v) is 6.66. The predicted octanol–water partition coefficient (Wildman–Crippen LogP) is 0.737. The summed E-state index contributed by atoms with van der Waals surface area (Å²) in [4.78, 5) is 0. The Hall–Kier alpha value is -0.820. The minimum Gasteiger partial charge on any atom is -0.346 e. The zero-order valence-electron chi connectivity index (χ0n) is 6.66. The van der Waals surface area contributed by atoms with Gasteiger partial charge in [-0.2, -0.15) is 0 Å². The second kappa shape index (κ2) is 3.05. The fraction of sp³-hybridized carbons (Fsp3) is 0.400. The topological polar surface area (TPSA) is 16.6 Å². The average molecular weight is 148 g/mol. The maximum atomic E-state index is 2.40. The van der Waals surface area contributed by atoms with E-state index >= 15 is 0 Å². The lowest BCUT2D eigenvalue weighted by atomic mass is 9.99. The molecule has 0 unspecified atom stereocenters. The van der Waals surface area contributed by atoms with E-state index in [1.807, 2.05) is 0 Å². The fourth-order valence-electron chi connectivity index (χ4n) is 1.78. The van der Waals surface area contributed by atoms with Crippen LogP contribution in [0.1, 0.15) is 17.9 Å². The Bertz CT molecular complexity index is 212. The molecule has 11 heavy (non-hydrogen) atoms. The fourth-order valence-corrected chi connectivity index (χ4v) is 1.78. The molecule has 1 atom stereocenters. The van der Waals surface area contributed by atoms with Crippen LogP contribution in [0.25, 0.3) is 0 Å². The largest absolute Gasteiger partial charge is 0.346 e. The number of benzene rings is 1. The zero-order chi connectivity index (χ0) is 7.52. The van der Waals surface area contributed by atoms with Crippen LogP contribution in [0.3, 0.4) is 0 Å². The number of quaternary nitrogens is 1. The van der Waals surface area contributed by atoms with Crippen LogP contribution in [0.5, 0.6) is 0 Å². The maximum Gasteiger partial charge on any atom is 0.0827 e. The molecule has 0 amide bonds. The molecule has 1 aliphatic heterocycles. The van der Waals surface area contributed by atoms with Gasteiger partial charge < -0.3 is 5.32 Å². The lowest BCUT2D eigenvalue weighted by Crippen LogP contribution is -2.81. The van der Waals surface area contributed by atoms with E-state index < -0.39 is 0 Å². The number of nitrogens with two attached hydrogens (primary N) is 1. The molecular weight excluding hydrogens is 134 g/mol. The molecule has 0 bridgehead atoms. The predicted molar refractivity (Wildman–Crippen MR) is 45.5 cm³/mol. The molecule has 1 heteroatoms. The van der Waals surface area contributed by atoms with E-state index in [0.717, 1.165) is 5.92 Å². The first-order chi connectivity index (χ1) is 5.47. The van der Waals surface area contributed by atoms with E-state index in [2.05, 4.69) is 35.6 Å². The summed E-state index contributed by atoms with van der Waals surface area (Å²) in [5.41, 5.74) is 1.52. The Morgan fingerprint density at radius 3 is 2.64 bits per heavy atom. The van der Waals surface area contributed by atoms with Gasteiger partial charge in [0, 0.05) is 12.3 Å². The van der Waals surface area contributed by atoms with Gasteiger partial charge in [-0.15, -0.1) is 0 Å². The second-order valence-corrected chi connectivity index (χ2v) is 3.21. The monoisotopic (exact) mass is 148 g/mol. The summed E-state index contributed by atoms with van der Waals surface area (Å²) in [5.74, 6) is 0.816. The molecule has 0 aliphatic carbocycles. The Morgan fingerprint density at radius 2 is 2.00 bits per heavy atom. The van der Waals surface area contributed by atoms with Gasteiger partial charge in [-0.3, -0.25) is 0 Å². The third kappa shape index (κ3) is 1.43. The van der Waals surface area contributed by atoms with E-state index in [-0.39, 0.29) is 0 Å². The molecule has 58 valence electrons. The van der Waals surface area contributed by atoms with Crippen LogP contribution in [0.2, 0.25) is 0 Å². The average Bonchev–Trinajstić information content (AvgIpc) is 2.58. The SMILES string of the molecule is c1ccc([C@H]2CC[NH2+]C2)cc1. The second-order valence-electron chi connectivity index (χ2n) is 3.21. The number of hydrogen-bond acceptors (Lipinski definition) is 0. The van der Waals surface area contributed by atoms with Gasteiger partial charge in [-0.1, -0.05) is 30.3 Å². The highest BCUT2D eigenvalue weighted by Gasteiger charge is 2.18. The van der Waals surface area contributed by atoms with Gasteiger partial charge in [0.1, 0.15) is 0 Å². The van der Waals surface area contributed by atoms with Crippen molar-refractivity contribution in [1.82, 2.24) is 0 Å². The number of rotatable bonds is 1. The summed E-state index contributed by atoms with van der Waals surface area (Å²) in [6.07, 6.45) is 1.35. The van der Waals surface area contributed by atoms with Gasteiger partial charge in [0.2, 0.25) is 0 Å². The van der Waals surface area contributed by atoms with Crippen LogP contribution >= 0.6 is 0 Å². The van der Waals surface area contributed by atoms with E-state index in [1.54, 1.807) is 0 Å². The lowest BCUT2D eigenvalue weighted by Gasteiger charge is -2.04. The van der Waals surface area contributed by atoms with Crippen LogP contribution in [0.15, 0.2) is 30.3 Å². The number of hydrogen-bond donors (Lipinski definition) is 1. The Morgan fingerprint density at radius 1 is 1.18 bits per heavy atom. The molecule has 0 radical (unpaired) electrons. The summed E-state index contributed by atoms with van der Waals surface area (Å²) in [5, 5.41) is 2.40. The van der Waals surface area contributed by atoms with E-state index in [1.165, 1.54) is 25.1 Å². The van der Waals surface area contributed by atoms with Crippen LogP contribution in [0.4, 0.5) is 0 Å². The van der Waals surface area contributed by atoms with E-state index in [9.17, 15) is 0 Å². The van der Waals surface area contributed by atoms with E-state index in [0.29, 0.717) is 0 Å². The molecule has 1 heterocycles. The molecule has 1 aromatic carbocycles. The molecule has 0 spiro atoms. The molecule has 2 N–H and O–H groups in total. The van der Waals surface area contributed by atoms with Gasteiger partial charge in [-0.05, 0) is 5.56 Å². The van der Waals surface area contributed by atoms with Crippen LogP contribution in [-0.4, -0.2) is 13.1 Å². The van der Waals surface area contributed by atoms with Crippen molar-refractivity contribution < 1.29 is 5.32 Å². The van der Waals surface area contributed by atoms with Crippen molar-refractivity contribution in [2.24, 2.45) is 0 Å². The molecule has 1 fully saturated rings. The molecule has 1 nitrogen and oxygen atoms in total. The highest BCUT2D eigenvalue weighted by molar-refractivity contribution is 5.19. The summed E-state index contributed by atoms with van der Waals surface area (Å²) in [6.45, 7) is 2.59. The van der Waals surface area contributed by atoms with Gasteiger partial charge in [0.25, 0.3) is 0 Å². The molecule has 0 aromatic heterocycles. The standard InChI is InChI=1S/C10H13N/c1-2-4-9(5-3-1)10-6-7-11-8-10/h1-5,10-11H,6-8H2/p+1/t10-/m0/s1. The van der Waals surface area contributed by atoms with Crippen molar-refractivity contribution in [2.45, 2.75) is 12.3 Å². The molecule has 1 aliphatic rings. The Labute approximate surface area is 67.4 Å². The van der Waals surface area contributed by atoms with Gasteiger partial charge in [0.15, 0.2) is 0 Å². The van der Waals surface area contributed by atoms with Crippen LogP contribution in [-0.2, 0) is 0 Å². The smallest absolute Gasteiger partial charge is 0.0827 e. The molecule has 1 aromatic rings. The highest BCUT2D eigenvalue weighted by atomic mass is 14.9. The summed E-state index contributed by atoms with van der Waals surface area (Å²) < 4.78 is 0. The molecule has 1 saturated heterocycles. The normalized spacial score (nSPS) is 23.8. The molecular formula is C10H14N+. The first-order valence-corrected chi connectivity index (χ1v) is 4.33. The van der Waals surface area contributed by atoms with Crippen molar-refractivity contribution in [1.29, 1.82) is 0 Å². The first kappa shape index (κ1) is 6.86. The third-order valence-corrected chi connectivity index (χ3v) is 2.44. The van der Waals surface area contributed by atoms with Crippen molar-refractivity contribution in [2.75, 3.05) is 13.1 Å². The first-order valence-electron chi connectivity index (χ1n) is 4.33. The highest BCUT2D eigenvalue weighted by Crippen LogP contribution is 2.18. The summed E-state index contributed by atoms with van der Waals surface area (Å²) in [6, 6.07) is 10.8. The quantitative estimate of drug-likeness (QED) is 0.605. The molecule has 2 rings (SSSR count). The Balaban J connectivity index is 2.16. The van der Waals surface area contributed by atoms with Crippen LogP contribution < -0.4 is 5.32 Å². The summed E-state index contributed by atoms with van der Waals surface area (Å²) >= 11 is 0. The van der Waals surface area contributed by atoms with Crippen molar-refractivity contribution in [3.8, 4) is 0 Å². The van der Waals surface area contributed by atoms with E-state index in [4.69, 9.17) is 0 Å². The maximum absolute atomic E-state index is 2.40. The Kier molecular flexibility index (Phi) is 1.91. The third-order valence-electron chi connectivity index (χ3n) is 2.44. The van der Waals surface area contributed by atoms with Gasteiger partial charge >= 0.3 is 0 Å². The minimum atomic E-state index is 0.816. The van der Waals surface area contributed by atoms with Crippen molar-refractivity contribution in [3.63, 3.8) is 0 Å². The summed E-state index contributed by atoms with van der Waals surface area (Å²) in [7, 11) is 0. The minimum absolute atomic E-state index is 0.816. The van der Waals surface area contributed by atoms with Gasteiger partial charge in [0.05, 0.1) is 13.1 Å².